The molecule has 0 aromatic heterocycles. The van der Waals surface area contributed by atoms with E-state index < -0.39 is 0 Å². The monoisotopic (exact) mass is 334 g/mol. The second kappa shape index (κ2) is 8.70. The Kier molecular flexibility index (Phi) is 6.34. The molecule has 1 aromatic rings. The molecular formula is C25H34. The summed E-state index contributed by atoms with van der Waals surface area (Å²) in [7, 11) is 0. The van der Waals surface area contributed by atoms with E-state index in [0.717, 1.165) is 18.3 Å². The lowest BCUT2D eigenvalue weighted by Gasteiger charge is -2.32. The van der Waals surface area contributed by atoms with Gasteiger partial charge in [-0.05, 0) is 81.3 Å². The van der Waals surface area contributed by atoms with Crippen molar-refractivity contribution in [3.05, 3.63) is 71.8 Å². The van der Waals surface area contributed by atoms with Gasteiger partial charge in [0.2, 0.25) is 0 Å². The molecule has 1 unspecified atom stereocenters. The Hall–Kier alpha value is -1.56. The molecule has 1 fully saturated rings. The van der Waals surface area contributed by atoms with Crippen LogP contribution in [0, 0.1) is 5.92 Å². The van der Waals surface area contributed by atoms with Crippen molar-refractivity contribution in [1.82, 2.24) is 0 Å². The van der Waals surface area contributed by atoms with Crippen LogP contribution in [0.25, 0.3) is 0 Å². The Morgan fingerprint density at radius 3 is 2.40 bits per heavy atom. The molecular weight excluding hydrogens is 300 g/mol. The minimum Gasteiger partial charge on any atom is -0.0917 e. The Morgan fingerprint density at radius 2 is 1.80 bits per heavy atom. The topological polar surface area (TPSA) is 0 Å². The van der Waals surface area contributed by atoms with Gasteiger partial charge < -0.3 is 0 Å². The number of rotatable bonds is 6. The van der Waals surface area contributed by atoms with E-state index in [2.05, 4.69) is 74.6 Å². The molecule has 0 spiro atoms. The first kappa shape index (κ1) is 18.2. The average Bonchev–Trinajstić information content (AvgIpc) is 2.69. The van der Waals surface area contributed by atoms with Crippen molar-refractivity contribution in [2.24, 2.45) is 5.92 Å². The summed E-state index contributed by atoms with van der Waals surface area (Å²) in [6.45, 7) is 4.44. The van der Waals surface area contributed by atoms with Gasteiger partial charge in [0.1, 0.15) is 0 Å². The molecule has 0 N–H and O–H groups in total. The Labute approximate surface area is 154 Å². The third kappa shape index (κ3) is 4.35. The van der Waals surface area contributed by atoms with Gasteiger partial charge in [-0.15, -0.1) is 0 Å². The molecule has 0 aliphatic heterocycles. The van der Waals surface area contributed by atoms with Gasteiger partial charge in [0.05, 0.1) is 0 Å². The zero-order valence-electron chi connectivity index (χ0n) is 16.1. The van der Waals surface area contributed by atoms with E-state index in [1.54, 1.807) is 5.56 Å². The van der Waals surface area contributed by atoms with E-state index in [1.807, 2.05) is 0 Å². The summed E-state index contributed by atoms with van der Waals surface area (Å²) in [4.78, 5) is 0. The average molecular weight is 335 g/mol. The number of hydrogen-bond acceptors (Lipinski definition) is 0. The minimum absolute atomic E-state index is 0.220. The Morgan fingerprint density at radius 1 is 1.04 bits per heavy atom. The highest BCUT2D eigenvalue weighted by Gasteiger charge is 2.28. The second-order valence-corrected chi connectivity index (χ2v) is 7.99. The third-order valence-electron chi connectivity index (χ3n) is 6.56. The molecule has 3 rings (SSSR count). The summed E-state index contributed by atoms with van der Waals surface area (Å²) < 4.78 is 0. The second-order valence-electron chi connectivity index (χ2n) is 7.99. The van der Waals surface area contributed by atoms with Crippen molar-refractivity contribution < 1.29 is 0 Å². The van der Waals surface area contributed by atoms with Crippen LogP contribution in [0.5, 0.6) is 0 Å². The number of hydrogen-bond donors (Lipinski definition) is 0. The fraction of sp³-hybridized carbons (Fsp3) is 0.520. The zero-order chi connectivity index (χ0) is 17.5. The standard InChI is InChI=1S/C25H34/c1-3-5-7-10-21-11-13-22(14-12-21)23-15-17-24(18-16-23)25(4-2)19-8-6-9-20-25/h3,5-6,8-9,15-19,21-22H,4,7,10-14,20H2,1-2H3. The minimum atomic E-state index is 0.220. The normalized spacial score (nSPS) is 29.4. The van der Waals surface area contributed by atoms with Crippen molar-refractivity contribution >= 4 is 0 Å². The molecule has 0 amide bonds. The van der Waals surface area contributed by atoms with Gasteiger partial charge in [0, 0.05) is 5.41 Å². The molecule has 1 atom stereocenters. The van der Waals surface area contributed by atoms with Gasteiger partial charge in [0.25, 0.3) is 0 Å². The van der Waals surface area contributed by atoms with Crippen LogP contribution in [0.3, 0.4) is 0 Å². The summed E-state index contributed by atoms with van der Waals surface area (Å²) in [5.74, 6) is 1.74. The number of allylic oxidation sites excluding steroid dienone is 6. The van der Waals surface area contributed by atoms with Crippen LogP contribution in [0.1, 0.15) is 82.3 Å². The summed E-state index contributed by atoms with van der Waals surface area (Å²) in [6.07, 6.45) is 24.2. The first-order valence-electron chi connectivity index (χ1n) is 10.3. The maximum atomic E-state index is 2.42. The molecule has 25 heavy (non-hydrogen) atoms. The van der Waals surface area contributed by atoms with Crippen molar-refractivity contribution in [3.63, 3.8) is 0 Å². The van der Waals surface area contributed by atoms with Crippen molar-refractivity contribution in [2.75, 3.05) is 0 Å². The van der Waals surface area contributed by atoms with Gasteiger partial charge in [-0.1, -0.05) is 67.6 Å². The fourth-order valence-corrected chi connectivity index (χ4v) is 4.72. The molecule has 0 heterocycles. The molecule has 0 nitrogen and oxygen atoms in total. The van der Waals surface area contributed by atoms with Crippen LogP contribution < -0.4 is 0 Å². The lowest BCUT2D eigenvalue weighted by molar-refractivity contribution is 0.312. The van der Waals surface area contributed by atoms with Crippen LogP contribution in [-0.2, 0) is 5.41 Å². The predicted octanol–water partition coefficient (Wildman–Crippen LogP) is 7.48. The van der Waals surface area contributed by atoms with Gasteiger partial charge in [0.15, 0.2) is 0 Å². The molecule has 1 saturated carbocycles. The number of benzene rings is 1. The molecule has 0 heteroatoms. The van der Waals surface area contributed by atoms with E-state index in [0.29, 0.717) is 0 Å². The molecule has 2 aliphatic carbocycles. The van der Waals surface area contributed by atoms with Crippen molar-refractivity contribution in [1.29, 1.82) is 0 Å². The van der Waals surface area contributed by atoms with Crippen LogP contribution in [0.2, 0.25) is 0 Å². The Balaban J connectivity index is 1.60. The van der Waals surface area contributed by atoms with Crippen LogP contribution >= 0.6 is 0 Å². The van der Waals surface area contributed by atoms with E-state index in [1.165, 1.54) is 50.5 Å². The maximum absolute atomic E-state index is 2.42. The van der Waals surface area contributed by atoms with E-state index >= 15 is 0 Å². The SMILES string of the molecule is CC=CCCC1CCC(c2ccc(C3(CC)C=CC=CC3)cc2)CC1. The van der Waals surface area contributed by atoms with E-state index in [9.17, 15) is 0 Å². The Bertz CT molecular complexity index is 608. The molecule has 0 saturated heterocycles. The smallest absolute Gasteiger partial charge is 0.0167 e. The first-order chi connectivity index (χ1) is 12.3. The molecule has 134 valence electrons. The van der Waals surface area contributed by atoms with Crippen LogP contribution in [-0.4, -0.2) is 0 Å². The molecule has 2 aliphatic rings. The van der Waals surface area contributed by atoms with Crippen LogP contribution in [0.15, 0.2) is 60.7 Å². The molecule has 0 bridgehead atoms. The molecule has 0 radical (unpaired) electrons. The van der Waals surface area contributed by atoms with Gasteiger partial charge in [-0.3, -0.25) is 0 Å². The highest BCUT2D eigenvalue weighted by Crippen LogP contribution is 2.40. The van der Waals surface area contributed by atoms with Crippen molar-refractivity contribution in [2.45, 2.75) is 76.5 Å². The molecule has 1 aromatic carbocycles. The maximum Gasteiger partial charge on any atom is 0.0167 e. The van der Waals surface area contributed by atoms with E-state index in [4.69, 9.17) is 0 Å². The van der Waals surface area contributed by atoms with Crippen LogP contribution in [0.4, 0.5) is 0 Å². The summed E-state index contributed by atoms with van der Waals surface area (Å²) in [5.41, 5.74) is 3.27. The first-order valence-corrected chi connectivity index (χ1v) is 10.3. The fourth-order valence-electron chi connectivity index (χ4n) is 4.72. The van der Waals surface area contributed by atoms with Crippen molar-refractivity contribution in [3.8, 4) is 0 Å². The highest BCUT2D eigenvalue weighted by atomic mass is 14.3. The van der Waals surface area contributed by atoms with Gasteiger partial charge in [-0.25, -0.2) is 0 Å². The van der Waals surface area contributed by atoms with Gasteiger partial charge in [-0.2, -0.15) is 0 Å². The zero-order valence-corrected chi connectivity index (χ0v) is 16.1. The quantitative estimate of drug-likeness (QED) is 0.473. The highest BCUT2D eigenvalue weighted by molar-refractivity contribution is 5.38. The summed E-state index contributed by atoms with van der Waals surface area (Å²) in [6, 6.07) is 9.65. The summed E-state index contributed by atoms with van der Waals surface area (Å²) >= 11 is 0. The predicted molar refractivity (Wildman–Crippen MR) is 110 cm³/mol. The van der Waals surface area contributed by atoms with Gasteiger partial charge >= 0.3 is 0 Å². The largest absolute Gasteiger partial charge is 0.0917 e. The van der Waals surface area contributed by atoms with E-state index in [-0.39, 0.29) is 5.41 Å². The lowest BCUT2D eigenvalue weighted by Crippen LogP contribution is -2.23. The summed E-state index contributed by atoms with van der Waals surface area (Å²) in [5, 5.41) is 0. The lowest BCUT2D eigenvalue weighted by atomic mass is 9.72. The third-order valence-corrected chi connectivity index (χ3v) is 6.56.